The van der Waals surface area contributed by atoms with E-state index in [2.05, 4.69) is 39.5 Å². The molecule has 0 unspecified atom stereocenters. The highest BCUT2D eigenvalue weighted by atomic mass is 32.2. The van der Waals surface area contributed by atoms with E-state index in [9.17, 15) is 13.6 Å². The van der Waals surface area contributed by atoms with Crippen LogP contribution >= 0.6 is 11.8 Å². The van der Waals surface area contributed by atoms with Crippen LogP contribution < -0.4 is 10.6 Å². The summed E-state index contributed by atoms with van der Waals surface area (Å²) in [6.07, 6.45) is 3.55. The van der Waals surface area contributed by atoms with Gasteiger partial charge in [-0.15, -0.1) is 0 Å². The number of hydrogen-bond acceptors (Lipinski definition) is 6. The molecule has 0 atom stereocenters. The lowest BCUT2D eigenvalue weighted by atomic mass is 10.2. The smallest absolute Gasteiger partial charge is 0.257 e. The van der Waals surface area contributed by atoms with Crippen molar-refractivity contribution < 1.29 is 13.6 Å². The molecule has 2 aromatic heterocycles. The Bertz CT molecular complexity index is 1000. The first kappa shape index (κ1) is 21.0. The average Bonchev–Trinajstić information content (AvgIpc) is 3.09. The first-order chi connectivity index (χ1) is 13.9. The van der Waals surface area contributed by atoms with Crippen LogP contribution in [0.4, 0.5) is 14.6 Å². The summed E-state index contributed by atoms with van der Waals surface area (Å²) in [7, 11) is 0. The third-order valence-electron chi connectivity index (χ3n) is 4.14. The topological polar surface area (TPSA) is 84.7 Å². The fraction of sp³-hybridized carbons (Fsp3) is 0.368. The van der Waals surface area contributed by atoms with Gasteiger partial charge in [-0.1, -0.05) is 31.7 Å². The summed E-state index contributed by atoms with van der Waals surface area (Å²) in [5, 5.41) is 11.5. The van der Waals surface area contributed by atoms with Gasteiger partial charge >= 0.3 is 0 Å². The van der Waals surface area contributed by atoms with Crippen molar-refractivity contribution in [1.29, 1.82) is 0 Å². The molecule has 29 heavy (non-hydrogen) atoms. The van der Waals surface area contributed by atoms with Gasteiger partial charge in [-0.25, -0.2) is 23.4 Å². The summed E-state index contributed by atoms with van der Waals surface area (Å²) in [5.74, 6) is -1.45. The van der Waals surface area contributed by atoms with Crippen LogP contribution in [0.3, 0.4) is 0 Å². The van der Waals surface area contributed by atoms with Gasteiger partial charge in [-0.05, 0) is 24.3 Å². The number of hydrogen-bond donors (Lipinski definition) is 2. The molecule has 154 valence electrons. The van der Waals surface area contributed by atoms with Crippen molar-refractivity contribution in [3.63, 3.8) is 0 Å². The van der Waals surface area contributed by atoms with Crippen LogP contribution in [-0.2, 0) is 6.54 Å². The highest BCUT2D eigenvalue weighted by Gasteiger charge is 2.17. The van der Waals surface area contributed by atoms with Crippen molar-refractivity contribution >= 4 is 34.5 Å². The van der Waals surface area contributed by atoms with Gasteiger partial charge in [0.05, 0.1) is 18.1 Å². The molecule has 1 aromatic carbocycles. The standard InChI is InChI=1S/C19H22F2N6OS/c1-11(2)9-23-16-12-10-24-27(17(12)26-19(25-16)29-3)8-7-22-18(28)15-13(20)5-4-6-14(15)21/h4-6,10-11H,7-9H2,1-3H3,(H,22,28)(H,23,25,26). The predicted molar refractivity (Wildman–Crippen MR) is 109 cm³/mol. The summed E-state index contributed by atoms with van der Waals surface area (Å²) in [4.78, 5) is 21.1. The third-order valence-corrected chi connectivity index (χ3v) is 4.68. The third kappa shape index (κ3) is 4.81. The zero-order valence-corrected chi connectivity index (χ0v) is 17.2. The number of thioether (sulfide) groups is 1. The highest BCUT2D eigenvalue weighted by molar-refractivity contribution is 7.98. The lowest BCUT2D eigenvalue weighted by molar-refractivity contribution is 0.0943. The van der Waals surface area contributed by atoms with E-state index in [1.165, 1.54) is 17.8 Å². The summed E-state index contributed by atoms with van der Waals surface area (Å²) in [6.45, 7) is 5.39. The van der Waals surface area contributed by atoms with Crippen LogP contribution in [-0.4, -0.2) is 45.0 Å². The van der Waals surface area contributed by atoms with Crippen molar-refractivity contribution in [1.82, 2.24) is 25.1 Å². The van der Waals surface area contributed by atoms with Gasteiger partial charge in [-0.2, -0.15) is 5.10 Å². The average molecular weight is 420 g/mol. The van der Waals surface area contributed by atoms with Gasteiger partial charge in [0.2, 0.25) is 0 Å². The van der Waals surface area contributed by atoms with E-state index in [1.54, 1.807) is 10.9 Å². The summed E-state index contributed by atoms with van der Waals surface area (Å²) >= 11 is 1.42. The van der Waals surface area contributed by atoms with E-state index in [1.807, 2.05) is 6.26 Å². The molecular weight excluding hydrogens is 398 g/mol. The molecule has 1 amide bonds. The number of carbonyl (C=O) groups excluding carboxylic acids is 1. The van der Waals surface area contributed by atoms with Crippen LogP contribution in [0.15, 0.2) is 29.6 Å². The Morgan fingerprint density at radius 1 is 1.24 bits per heavy atom. The monoisotopic (exact) mass is 420 g/mol. The van der Waals surface area contributed by atoms with Crippen molar-refractivity contribution in [2.75, 3.05) is 24.7 Å². The number of amides is 1. The van der Waals surface area contributed by atoms with Crippen LogP contribution in [0, 0.1) is 17.6 Å². The van der Waals surface area contributed by atoms with Crippen molar-refractivity contribution in [2.24, 2.45) is 5.92 Å². The molecule has 0 bridgehead atoms. The van der Waals surface area contributed by atoms with E-state index in [0.29, 0.717) is 29.1 Å². The fourth-order valence-corrected chi connectivity index (χ4v) is 3.06. The lowest BCUT2D eigenvalue weighted by Gasteiger charge is -2.11. The second-order valence-corrected chi connectivity index (χ2v) is 7.56. The Kier molecular flexibility index (Phi) is 6.63. The van der Waals surface area contributed by atoms with Gasteiger partial charge in [0.1, 0.15) is 23.0 Å². The van der Waals surface area contributed by atoms with Gasteiger partial charge < -0.3 is 10.6 Å². The highest BCUT2D eigenvalue weighted by Crippen LogP contribution is 2.23. The molecule has 0 aliphatic rings. The molecule has 0 saturated heterocycles. The molecular formula is C19H22F2N6OS. The van der Waals surface area contributed by atoms with Crippen LogP contribution in [0.2, 0.25) is 0 Å². The van der Waals surface area contributed by atoms with E-state index in [-0.39, 0.29) is 6.54 Å². The van der Waals surface area contributed by atoms with Crippen LogP contribution in [0.1, 0.15) is 24.2 Å². The van der Waals surface area contributed by atoms with Crippen LogP contribution in [0.25, 0.3) is 11.0 Å². The SMILES string of the molecule is CSc1nc(NCC(C)C)c2cnn(CCNC(=O)c3c(F)cccc3F)c2n1. The molecule has 0 fully saturated rings. The number of benzene rings is 1. The minimum absolute atomic E-state index is 0.136. The van der Waals surface area contributed by atoms with E-state index in [0.717, 1.165) is 24.1 Å². The first-order valence-electron chi connectivity index (χ1n) is 9.14. The molecule has 0 saturated carbocycles. The molecule has 0 aliphatic carbocycles. The Labute approximate surface area is 171 Å². The molecule has 10 heteroatoms. The predicted octanol–water partition coefficient (Wildman–Crippen LogP) is 3.32. The summed E-state index contributed by atoms with van der Waals surface area (Å²) < 4.78 is 29.1. The second kappa shape index (κ2) is 9.17. The van der Waals surface area contributed by atoms with Crippen molar-refractivity contribution in [3.05, 3.63) is 41.6 Å². The molecule has 7 nitrogen and oxygen atoms in total. The number of aromatic nitrogens is 4. The van der Waals surface area contributed by atoms with E-state index >= 15 is 0 Å². The molecule has 2 N–H and O–H groups in total. The quantitative estimate of drug-likeness (QED) is 0.430. The van der Waals surface area contributed by atoms with Crippen LogP contribution in [0.5, 0.6) is 0 Å². The fourth-order valence-electron chi connectivity index (χ4n) is 2.70. The maximum atomic E-state index is 13.7. The van der Waals surface area contributed by atoms with Gasteiger partial charge in [0, 0.05) is 13.1 Å². The van der Waals surface area contributed by atoms with Crippen molar-refractivity contribution in [3.8, 4) is 0 Å². The normalized spacial score (nSPS) is 11.2. The zero-order valence-electron chi connectivity index (χ0n) is 16.4. The Morgan fingerprint density at radius 2 is 1.97 bits per heavy atom. The molecule has 3 rings (SSSR count). The zero-order chi connectivity index (χ0) is 21.0. The summed E-state index contributed by atoms with van der Waals surface area (Å²) in [6, 6.07) is 3.31. The Balaban J connectivity index is 1.75. The minimum Gasteiger partial charge on any atom is -0.369 e. The van der Waals surface area contributed by atoms with Crippen molar-refractivity contribution in [2.45, 2.75) is 25.5 Å². The number of anilines is 1. The first-order valence-corrected chi connectivity index (χ1v) is 10.4. The molecule has 0 spiro atoms. The minimum atomic E-state index is -0.898. The molecule has 0 aliphatic heterocycles. The largest absolute Gasteiger partial charge is 0.369 e. The lowest BCUT2D eigenvalue weighted by Crippen LogP contribution is -2.29. The molecule has 0 radical (unpaired) electrons. The number of fused-ring (bicyclic) bond motifs is 1. The number of halogens is 2. The van der Waals surface area contributed by atoms with Gasteiger partial charge in [-0.3, -0.25) is 4.79 Å². The number of carbonyl (C=O) groups is 1. The van der Waals surface area contributed by atoms with Gasteiger partial charge in [0.25, 0.3) is 5.91 Å². The Morgan fingerprint density at radius 3 is 2.62 bits per heavy atom. The summed E-state index contributed by atoms with van der Waals surface area (Å²) in [5.41, 5.74) is 0.0342. The second-order valence-electron chi connectivity index (χ2n) is 6.79. The Hall–Kier alpha value is -2.75. The number of rotatable bonds is 8. The van der Waals surface area contributed by atoms with E-state index < -0.39 is 23.1 Å². The molecule has 3 aromatic rings. The maximum Gasteiger partial charge on any atom is 0.257 e. The number of nitrogens with one attached hydrogen (secondary N) is 2. The van der Waals surface area contributed by atoms with Gasteiger partial charge in [0.15, 0.2) is 10.8 Å². The van der Waals surface area contributed by atoms with E-state index in [4.69, 9.17) is 0 Å². The molecule has 2 heterocycles. The number of nitrogens with zero attached hydrogens (tertiary/aromatic N) is 4. The maximum absolute atomic E-state index is 13.7.